The molecule has 2 rings (SSSR count). The Morgan fingerprint density at radius 2 is 2.11 bits per heavy atom. The van der Waals surface area contributed by atoms with Crippen LogP contribution in [0.3, 0.4) is 0 Å². The first-order chi connectivity index (χ1) is 8.43. The van der Waals surface area contributed by atoms with E-state index >= 15 is 0 Å². The number of pyridine rings is 1. The van der Waals surface area contributed by atoms with Crippen molar-refractivity contribution in [2.24, 2.45) is 0 Å². The minimum absolute atomic E-state index is 0.0571. The molecule has 0 bridgehead atoms. The highest BCUT2D eigenvalue weighted by Crippen LogP contribution is 2.34. The Hall–Kier alpha value is -1.75. The van der Waals surface area contributed by atoms with E-state index in [1.54, 1.807) is 6.92 Å². The molecule has 1 aromatic heterocycles. The van der Waals surface area contributed by atoms with Crippen molar-refractivity contribution in [1.29, 1.82) is 0 Å². The molecule has 1 heterocycles. The first kappa shape index (κ1) is 12.7. The normalized spacial score (nSPS) is 11.2. The van der Waals surface area contributed by atoms with Crippen molar-refractivity contribution < 1.29 is 18.7 Å². The van der Waals surface area contributed by atoms with Gasteiger partial charge in [-0.3, -0.25) is 4.98 Å². The van der Waals surface area contributed by atoms with E-state index < -0.39 is 18.0 Å². The van der Waals surface area contributed by atoms with Gasteiger partial charge < -0.3 is 5.11 Å². The molecule has 6 heteroatoms. The molecule has 1 aromatic carbocycles. The Morgan fingerprint density at radius 3 is 2.67 bits per heavy atom. The van der Waals surface area contributed by atoms with Crippen LogP contribution in [0.15, 0.2) is 18.3 Å². The number of fused-ring (bicyclic) bond motifs is 1. The van der Waals surface area contributed by atoms with E-state index in [0.717, 1.165) is 6.20 Å². The third kappa shape index (κ3) is 1.90. The lowest BCUT2D eigenvalue weighted by molar-refractivity contribution is 0.0699. The zero-order valence-corrected chi connectivity index (χ0v) is 10.0. The molecule has 2 aromatic rings. The van der Waals surface area contributed by atoms with Gasteiger partial charge in [-0.05, 0) is 18.6 Å². The highest BCUT2D eigenvalue weighted by atomic mass is 35.5. The van der Waals surface area contributed by atoms with Crippen LogP contribution < -0.4 is 0 Å². The molecule has 18 heavy (non-hydrogen) atoms. The van der Waals surface area contributed by atoms with Crippen molar-refractivity contribution in [2.45, 2.75) is 13.3 Å². The smallest absolute Gasteiger partial charge is 0.337 e. The van der Waals surface area contributed by atoms with Gasteiger partial charge in [0.2, 0.25) is 0 Å². The van der Waals surface area contributed by atoms with Gasteiger partial charge in [0, 0.05) is 11.6 Å². The predicted molar refractivity (Wildman–Crippen MR) is 63.4 cm³/mol. The van der Waals surface area contributed by atoms with Gasteiger partial charge in [0.25, 0.3) is 6.43 Å². The quantitative estimate of drug-likeness (QED) is 0.903. The molecule has 0 saturated heterocycles. The van der Waals surface area contributed by atoms with Crippen LogP contribution in [0.5, 0.6) is 0 Å². The molecule has 0 unspecified atom stereocenters. The second kappa shape index (κ2) is 4.49. The highest BCUT2D eigenvalue weighted by molar-refractivity contribution is 6.36. The first-order valence-electron chi connectivity index (χ1n) is 5.02. The first-order valence-corrected chi connectivity index (χ1v) is 5.40. The van der Waals surface area contributed by atoms with Crippen LogP contribution in [0.4, 0.5) is 8.78 Å². The van der Waals surface area contributed by atoms with E-state index in [0.29, 0.717) is 5.56 Å². The number of rotatable bonds is 2. The van der Waals surface area contributed by atoms with Gasteiger partial charge in [-0.1, -0.05) is 17.7 Å². The van der Waals surface area contributed by atoms with Crippen molar-refractivity contribution in [1.82, 2.24) is 4.98 Å². The largest absolute Gasteiger partial charge is 0.478 e. The summed E-state index contributed by atoms with van der Waals surface area (Å²) in [6.45, 7) is 1.66. The fraction of sp³-hybridized carbons (Fsp3) is 0.167. The van der Waals surface area contributed by atoms with Crippen molar-refractivity contribution in [3.05, 3.63) is 40.0 Å². The third-order valence-corrected chi connectivity index (χ3v) is 3.06. The van der Waals surface area contributed by atoms with Crippen LogP contribution in [0.1, 0.15) is 27.9 Å². The Kier molecular flexibility index (Phi) is 3.17. The number of carbonyl (C=O) groups is 1. The summed E-state index contributed by atoms with van der Waals surface area (Å²) in [6, 6.07) is 2.90. The lowest BCUT2D eigenvalue weighted by atomic mass is 10.0. The van der Waals surface area contributed by atoms with E-state index in [1.807, 2.05) is 0 Å². The maximum absolute atomic E-state index is 12.7. The van der Waals surface area contributed by atoms with E-state index in [-0.39, 0.29) is 21.5 Å². The van der Waals surface area contributed by atoms with Crippen molar-refractivity contribution in [2.75, 3.05) is 0 Å². The number of hydrogen-bond acceptors (Lipinski definition) is 2. The summed E-state index contributed by atoms with van der Waals surface area (Å²) in [4.78, 5) is 14.8. The van der Waals surface area contributed by atoms with Gasteiger partial charge in [-0.15, -0.1) is 0 Å². The summed E-state index contributed by atoms with van der Waals surface area (Å²) in [7, 11) is 0. The van der Waals surface area contributed by atoms with E-state index in [4.69, 9.17) is 16.7 Å². The summed E-state index contributed by atoms with van der Waals surface area (Å²) in [5.74, 6) is -1.17. The minimum Gasteiger partial charge on any atom is -0.478 e. The van der Waals surface area contributed by atoms with Crippen LogP contribution in [0.25, 0.3) is 10.9 Å². The topological polar surface area (TPSA) is 50.2 Å². The molecule has 0 aliphatic rings. The Labute approximate surface area is 106 Å². The number of nitrogens with zero attached hydrogens (tertiary/aromatic N) is 1. The zero-order chi connectivity index (χ0) is 13.4. The van der Waals surface area contributed by atoms with Gasteiger partial charge in [0.1, 0.15) is 0 Å². The molecule has 0 saturated carbocycles. The summed E-state index contributed by atoms with van der Waals surface area (Å²) in [5.41, 5.74) is 0.278. The maximum Gasteiger partial charge on any atom is 0.337 e. The number of hydrogen-bond donors (Lipinski definition) is 1. The molecule has 94 valence electrons. The van der Waals surface area contributed by atoms with E-state index in [2.05, 4.69) is 4.98 Å². The highest BCUT2D eigenvalue weighted by Gasteiger charge is 2.19. The molecule has 0 amide bonds. The van der Waals surface area contributed by atoms with Gasteiger partial charge in [-0.25, -0.2) is 13.6 Å². The SMILES string of the molecule is Cc1ccc(C(=O)O)c2ncc(C(F)F)c(Cl)c12. The number of aromatic carboxylic acids is 1. The molecule has 3 nitrogen and oxygen atoms in total. The molecule has 1 N–H and O–H groups in total. The molecule has 0 radical (unpaired) electrons. The standard InChI is InChI=1S/C12H8ClF2NO2/c1-5-2-3-6(12(17)18)10-8(5)9(13)7(4-16-10)11(14)15/h2-4,11H,1H3,(H,17,18). The van der Waals surface area contributed by atoms with Gasteiger partial charge in [-0.2, -0.15) is 0 Å². The lowest BCUT2D eigenvalue weighted by Gasteiger charge is -2.10. The molecule has 0 aliphatic heterocycles. The summed E-state index contributed by atoms with van der Waals surface area (Å²) >= 11 is 5.91. The molecule has 0 aliphatic carbocycles. The Bertz CT molecular complexity index is 644. The van der Waals surface area contributed by atoms with Crippen molar-refractivity contribution in [3.63, 3.8) is 0 Å². The number of aryl methyl sites for hydroxylation is 1. The molecule has 0 atom stereocenters. The van der Waals surface area contributed by atoms with Crippen molar-refractivity contribution in [3.8, 4) is 0 Å². The van der Waals surface area contributed by atoms with Crippen LogP contribution >= 0.6 is 11.6 Å². The number of carboxylic acid groups (broad SMARTS) is 1. The number of carboxylic acids is 1. The summed E-state index contributed by atoms with van der Waals surface area (Å²) in [6.07, 6.45) is -1.83. The van der Waals surface area contributed by atoms with E-state index in [9.17, 15) is 13.6 Å². The van der Waals surface area contributed by atoms with Gasteiger partial charge >= 0.3 is 5.97 Å². The second-order valence-electron chi connectivity index (χ2n) is 3.79. The monoisotopic (exact) mass is 271 g/mol. The fourth-order valence-electron chi connectivity index (χ4n) is 1.76. The number of aromatic nitrogens is 1. The molecule has 0 spiro atoms. The third-order valence-electron chi connectivity index (χ3n) is 2.66. The molecule has 0 fully saturated rings. The number of alkyl halides is 2. The van der Waals surface area contributed by atoms with Crippen LogP contribution in [0.2, 0.25) is 5.02 Å². The Balaban J connectivity index is 2.90. The number of benzene rings is 1. The zero-order valence-electron chi connectivity index (χ0n) is 9.25. The van der Waals surface area contributed by atoms with Crippen LogP contribution in [0, 0.1) is 6.92 Å². The lowest BCUT2D eigenvalue weighted by Crippen LogP contribution is -2.01. The minimum atomic E-state index is -2.75. The van der Waals surface area contributed by atoms with Crippen LogP contribution in [-0.2, 0) is 0 Å². The van der Waals surface area contributed by atoms with Gasteiger partial charge in [0.15, 0.2) is 0 Å². The molecular weight excluding hydrogens is 264 g/mol. The Morgan fingerprint density at radius 1 is 1.44 bits per heavy atom. The van der Waals surface area contributed by atoms with Crippen LogP contribution in [-0.4, -0.2) is 16.1 Å². The van der Waals surface area contributed by atoms with E-state index in [1.165, 1.54) is 12.1 Å². The molecular formula is C12H8ClF2NO2. The van der Waals surface area contributed by atoms with Crippen molar-refractivity contribution >= 4 is 28.5 Å². The fourth-order valence-corrected chi connectivity index (χ4v) is 2.13. The second-order valence-corrected chi connectivity index (χ2v) is 4.16. The summed E-state index contributed by atoms with van der Waals surface area (Å²) < 4.78 is 25.4. The maximum atomic E-state index is 12.7. The van der Waals surface area contributed by atoms with Gasteiger partial charge in [0.05, 0.1) is 21.7 Å². The predicted octanol–water partition coefficient (Wildman–Crippen LogP) is 3.83. The summed E-state index contributed by atoms with van der Waals surface area (Å²) in [5, 5.41) is 9.13. The average Bonchev–Trinajstić information content (AvgIpc) is 2.28. The number of halogens is 3. The average molecular weight is 272 g/mol.